The molecule has 39 heavy (non-hydrogen) atoms. The lowest BCUT2D eigenvalue weighted by molar-refractivity contribution is -0.168. The number of aromatic nitrogens is 2. The minimum absolute atomic E-state index is 0.187. The minimum Gasteiger partial charge on any atom is -0.450 e. The summed E-state index contributed by atoms with van der Waals surface area (Å²) in [7, 11) is 0. The Morgan fingerprint density at radius 1 is 1.13 bits per heavy atom. The predicted molar refractivity (Wildman–Crippen MR) is 132 cm³/mol. The van der Waals surface area contributed by atoms with Crippen LogP contribution in [-0.2, 0) is 20.9 Å². The molecule has 1 N–H and O–H groups in total. The number of rotatable bonds is 10. The number of piperazine rings is 1. The van der Waals surface area contributed by atoms with Crippen LogP contribution in [0.15, 0.2) is 30.5 Å². The summed E-state index contributed by atoms with van der Waals surface area (Å²) in [6.07, 6.45) is -2.71. The van der Waals surface area contributed by atoms with E-state index in [0.29, 0.717) is 43.1 Å². The third-order valence-corrected chi connectivity index (χ3v) is 6.11. The van der Waals surface area contributed by atoms with Gasteiger partial charge in [-0.15, -0.1) is 0 Å². The number of hydrogen-bond donors (Lipinski definition) is 1. The number of hydrogen-bond acceptors (Lipinski definition) is 6. The number of ether oxygens (including phenoxy) is 2. The van der Waals surface area contributed by atoms with Gasteiger partial charge < -0.3 is 24.6 Å². The third kappa shape index (κ3) is 7.68. The second kappa shape index (κ2) is 12.9. The SMILES string of the molecule is CCOC(=O)N1CCN(C(=O)C(C)n2cc(NC(=O)c3cccc(COCC(F)(F)C(F)F)c3)c(C)n2)CC1. The molecule has 1 saturated heterocycles. The Morgan fingerprint density at radius 2 is 1.79 bits per heavy atom. The zero-order chi connectivity index (χ0) is 28.7. The van der Waals surface area contributed by atoms with Gasteiger partial charge in [-0.1, -0.05) is 12.1 Å². The van der Waals surface area contributed by atoms with Crippen molar-refractivity contribution in [1.29, 1.82) is 0 Å². The van der Waals surface area contributed by atoms with Crippen molar-refractivity contribution < 1.29 is 41.4 Å². The molecule has 0 saturated carbocycles. The molecule has 1 aliphatic rings. The molecule has 1 unspecified atom stereocenters. The smallest absolute Gasteiger partial charge is 0.409 e. The molecule has 1 fully saturated rings. The van der Waals surface area contributed by atoms with Gasteiger partial charge in [-0.3, -0.25) is 14.3 Å². The molecule has 3 rings (SSSR count). The fraction of sp³-hybridized carbons (Fsp3) is 0.520. The van der Waals surface area contributed by atoms with Crippen molar-refractivity contribution in [3.63, 3.8) is 0 Å². The number of benzene rings is 1. The van der Waals surface area contributed by atoms with Gasteiger partial charge in [0.15, 0.2) is 0 Å². The summed E-state index contributed by atoms with van der Waals surface area (Å²) >= 11 is 0. The summed E-state index contributed by atoms with van der Waals surface area (Å²) < 4.78 is 61.8. The number of amides is 3. The van der Waals surface area contributed by atoms with Crippen LogP contribution >= 0.6 is 0 Å². The van der Waals surface area contributed by atoms with Crippen molar-refractivity contribution in [3.8, 4) is 0 Å². The standard InChI is InChI=1S/C25H31F4N5O5/c1-4-39-24(37)33-10-8-32(9-11-33)22(36)17(3)34-13-20(16(2)31-34)30-21(35)19-7-5-6-18(12-19)14-38-15-25(28,29)23(26)27/h5-7,12-13,17,23H,4,8-11,14-15H2,1-3H3,(H,30,35). The van der Waals surface area contributed by atoms with Gasteiger partial charge in [0.1, 0.15) is 12.6 Å². The van der Waals surface area contributed by atoms with E-state index < -0.39 is 37.0 Å². The second-order valence-electron chi connectivity index (χ2n) is 9.00. The van der Waals surface area contributed by atoms with Crippen molar-refractivity contribution in [2.75, 3.05) is 44.7 Å². The maximum atomic E-state index is 13.0. The van der Waals surface area contributed by atoms with Crippen molar-refractivity contribution in [2.45, 2.75) is 45.8 Å². The summed E-state index contributed by atoms with van der Waals surface area (Å²) in [5, 5.41) is 7.06. The van der Waals surface area contributed by atoms with E-state index in [2.05, 4.69) is 10.4 Å². The van der Waals surface area contributed by atoms with Crippen LogP contribution in [0.3, 0.4) is 0 Å². The van der Waals surface area contributed by atoms with Gasteiger partial charge in [-0.25, -0.2) is 13.6 Å². The highest BCUT2D eigenvalue weighted by atomic mass is 19.3. The molecule has 1 atom stereocenters. The van der Waals surface area contributed by atoms with E-state index in [1.807, 2.05) is 0 Å². The van der Waals surface area contributed by atoms with Gasteiger partial charge in [0, 0.05) is 37.9 Å². The number of carbonyl (C=O) groups excluding carboxylic acids is 3. The summed E-state index contributed by atoms with van der Waals surface area (Å²) in [5.74, 6) is -4.97. The van der Waals surface area contributed by atoms with Gasteiger partial charge in [0.25, 0.3) is 5.91 Å². The zero-order valence-corrected chi connectivity index (χ0v) is 21.8. The van der Waals surface area contributed by atoms with Gasteiger partial charge >= 0.3 is 18.4 Å². The molecule has 0 bridgehead atoms. The van der Waals surface area contributed by atoms with E-state index in [9.17, 15) is 31.9 Å². The molecule has 214 valence electrons. The Morgan fingerprint density at radius 3 is 2.44 bits per heavy atom. The number of aryl methyl sites for hydroxylation is 1. The number of carbonyl (C=O) groups is 3. The molecule has 0 radical (unpaired) electrons. The van der Waals surface area contributed by atoms with E-state index in [1.54, 1.807) is 30.6 Å². The third-order valence-electron chi connectivity index (χ3n) is 6.11. The Labute approximate surface area is 222 Å². The Hall–Kier alpha value is -3.68. The van der Waals surface area contributed by atoms with Gasteiger partial charge in [-0.05, 0) is 38.5 Å². The maximum Gasteiger partial charge on any atom is 0.409 e. The second-order valence-corrected chi connectivity index (χ2v) is 9.00. The van der Waals surface area contributed by atoms with E-state index in [1.165, 1.54) is 35.1 Å². The normalized spacial score (nSPS) is 14.9. The average Bonchev–Trinajstić information content (AvgIpc) is 3.27. The van der Waals surface area contributed by atoms with Crippen LogP contribution in [0.4, 0.5) is 28.0 Å². The van der Waals surface area contributed by atoms with E-state index in [-0.39, 0.29) is 24.7 Å². The predicted octanol–water partition coefficient (Wildman–Crippen LogP) is 3.72. The van der Waals surface area contributed by atoms with Crippen molar-refractivity contribution >= 4 is 23.6 Å². The van der Waals surface area contributed by atoms with Crippen molar-refractivity contribution in [1.82, 2.24) is 19.6 Å². The van der Waals surface area contributed by atoms with Crippen molar-refractivity contribution in [3.05, 3.63) is 47.3 Å². The molecule has 1 aromatic heterocycles. The first-order valence-corrected chi connectivity index (χ1v) is 12.3. The molecule has 2 aromatic rings. The molecule has 1 aliphatic heterocycles. The number of halogens is 4. The first kappa shape index (κ1) is 29.9. The van der Waals surface area contributed by atoms with Crippen LogP contribution in [0.25, 0.3) is 0 Å². The summed E-state index contributed by atoms with van der Waals surface area (Å²) in [6.45, 7) is 4.93. The lowest BCUT2D eigenvalue weighted by atomic mass is 10.1. The van der Waals surface area contributed by atoms with Gasteiger partial charge in [0.05, 0.1) is 24.6 Å². The molecule has 14 heteroatoms. The molecule has 2 heterocycles. The first-order valence-electron chi connectivity index (χ1n) is 12.3. The lowest BCUT2D eigenvalue weighted by Crippen LogP contribution is -2.52. The monoisotopic (exact) mass is 557 g/mol. The van der Waals surface area contributed by atoms with Crippen LogP contribution in [-0.4, -0.2) is 89.2 Å². The van der Waals surface area contributed by atoms with E-state index in [0.717, 1.165) is 0 Å². The van der Waals surface area contributed by atoms with Crippen LogP contribution in [0.1, 0.15) is 41.5 Å². The maximum absolute atomic E-state index is 13.0. The largest absolute Gasteiger partial charge is 0.450 e. The van der Waals surface area contributed by atoms with Crippen LogP contribution in [0, 0.1) is 6.92 Å². The molecular formula is C25H31F4N5O5. The number of alkyl halides is 4. The lowest BCUT2D eigenvalue weighted by Gasteiger charge is -2.35. The quantitative estimate of drug-likeness (QED) is 0.447. The fourth-order valence-electron chi connectivity index (χ4n) is 3.87. The molecule has 0 spiro atoms. The highest BCUT2D eigenvalue weighted by Gasteiger charge is 2.41. The highest BCUT2D eigenvalue weighted by Crippen LogP contribution is 2.24. The highest BCUT2D eigenvalue weighted by molar-refractivity contribution is 6.04. The summed E-state index contributed by atoms with van der Waals surface area (Å²) in [6, 6.07) is 5.25. The van der Waals surface area contributed by atoms with Crippen LogP contribution in [0.2, 0.25) is 0 Å². The average molecular weight is 558 g/mol. The topological polar surface area (TPSA) is 106 Å². The van der Waals surface area contributed by atoms with Gasteiger partial charge in [0.2, 0.25) is 5.91 Å². The summed E-state index contributed by atoms with van der Waals surface area (Å²) in [5.41, 5.74) is 1.36. The molecule has 0 aliphatic carbocycles. The zero-order valence-electron chi connectivity index (χ0n) is 21.8. The van der Waals surface area contributed by atoms with Gasteiger partial charge in [-0.2, -0.15) is 13.9 Å². The first-order chi connectivity index (χ1) is 18.4. The Bertz CT molecular complexity index is 1170. The Balaban J connectivity index is 1.58. The van der Waals surface area contributed by atoms with E-state index in [4.69, 9.17) is 9.47 Å². The van der Waals surface area contributed by atoms with Crippen LogP contribution < -0.4 is 5.32 Å². The Kier molecular flexibility index (Phi) is 9.89. The fourth-order valence-corrected chi connectivity index (χ4v) is 3.87. The molecule has 1 aromatic carbocycles. The molecule has 10 nitrogen and oxygen atoms in total. The van der Waals surface area contributed by atoms with E-state index >= 15 is 0 Å². The molecular weight excluding hydrogens is 526 g/mol. The molecule has 3 amide bonds. The number of nitrogens with zero attached hydrogens (tertiary/aromatic N) is 4. The summed E-state index contributed by atoms with van der Waals surface area (Å²) in [4.78, 5) is 40.9. The van der Waals surface area contributed by atoms with Crippen LogP contribution in [0.5, 0.6) is 0 Å². The number of anilines is 1. The number of nitrogens with one attached hydrogen (secondary N) is 1. The van der Waals surface area contributed by atoms with Crippen molar-refractivity contribution in [2.24, 2.45) is 0 Å². The minimum atomic E-state index is -4.26.